The number of nitrogens with two attached hydrogens (primary N) is 1. The van der Waals surface area contributed by atoms with E-state index < -0.39 is 33.5 Å². The molecule has 3 aromatic rings. The summed E-state index contributed by atoms with van der Waals surface area (Å²) in [7, 11) is -4.54. The third kappa shape index (κ3) is 7.77. The van der Waals surface area contributed by atoms with Gasteiger partial charge in [0.25, 0.3) is 5.92 Å². The number of alkyl halides is 2. The van der Waals surface area contributed by atoms with E-state index >= 15 is 8.78 Å². The highest BCUT2D eigenvalue weighted by Crippen LogP contribution is 2.36. The summed E-state index contributed by atoms with van der Waals surface area (Å²) >= 11 is 5.99. The van der Waals surface area contributed by atoms with Gasteiger partial charge in [-0.05, 0) is 85.2 Å². The number of piperidine rings is 1. The van der Waals surface area contributed by atoms with Crippen LogP contribution in [-0.2, 0) is 20.7 Å². The van der Waals surface area contributed by atoms with Gasteiger partial charge >= 0.3 is 0 Å². The lowest BCUT2D eigenvalue weighted by molar-refractivity contribution is -0.145. The third-order valence-electron chi connectivity index (χ3n) is 8.50. The molecule has 1 aliphatic heterocycles. The maximum atomic E-state index is 16.4. The van der Waals surface area contributed by atoms with Gasteiger partial charge in [-0.1, -0.05) is 61.2 Å². The lowest BCUT2D eigenvalue weighted by Gasteiger charge is -2.35. The Labute approximate surface area is 262 Å². The molecule has 0 spiro atoms. The number of halogens is 3. The number of rotatable bonds is 10. The number of carbonyl (C=O) groups excluding carboxylic acids is 1. The Bertz CT molecular complexity index is 1520. The molecule has 1 unspecified atom stereocenters. The topological polar surface area (TPSA) is 102 Å². The number of hydrogen-bond acceptors (Lipinski definition) is 5. The van der Waals surface area contributed by atoms with E-state index in [1.807, 2.05) is 0 Å². The summed E-state index contributed by atoms with van der Waals surface area (Å²) in [6.45, 7) is 0.861. The number of benzene rings is 3. The van der Waals surface area contributed by atoms with Crippen LogP contribution in [0.1, 0.15) is 50.5 Å². The molecule has 2 aliphatic rings. The largest absolute Gasteiger partial charge is 0.493 e. The number of sulfonamides is 1. The molecule has 0 radical (unpaired) electrons. The third-order valence-corrected chi connectivity index (χ3v) is 10.2. The summed E-state index contributed by atoms with van der Waals surface area (Å²) in [5, 5.41) is 0.500. The average Bonchev–Trinajstić information content (AvgIpc) is 3.04. The lowest BCUT2D eigenvalue weighted by atomic mass is 9.90. The highest BCUT2D eigenvalue weighted by molar-refractivity contribution is 7.89. The number of carbonyl (C=O) groups is 1. The molecule has 0 aromatic heterocycles. The van der Waals surface area contributed by atoms with Crippen LogP contribution in [0.3, 0.4) is 0 Å². The van der Waals surface area contributed by atoms with Crippen molar-refractivity contribution in [3.8, 4) is 16.9 Å². The SMILES string of the molecule is NC1CCN(C(=O)C(NS(=O)(=O)c2ccc(OCC3CCCCC3)cc2)C(F)(F)c2cccc(-c3ccc(Cl)cc3)c2)CC1. The van der Waals surface area contributed by atoms with Gasteiger partial charge in [-0.15, -0.1) is 0 Å². The van der Waals surface area contributed by atoms with E-state index in [1.54, 1.807) is 30.3 Å². The number of amides is 1. The van der Waals surface area contributed by atoms with Crippen LogP contribution < -0.4 is 15.2 Å². The van der Waals surface area contributed by atoms with Gasteiger partial charge < -0.3 is 15.4 Å². The maximum absolute atomic E-state index is 16.4. The summed E-state index contributed by atoms with van der Waals surface area (Å²) in [6.07, 6.45) is 6.67. The first-order valence-electron chi connectivity index (χ1n) is 15.1. The van der Waals surface area contributed by atoms with Crippen LogP contribution in [0.15, 0.2) is 77.7 Å². The molecule has 7 nitrogen and oxygen atoms in total. The molecule has 11 heteroatoms. The van der Waals surface area contributed by atoms with Gasteiger partial charge in [0.2, 0.25) is 15.9 Å². The van der Waals surface area contributed by atoms with Gasteiger partial charge in [0.1, 0.15) is 5.75 Å². The molecular weight excluding hydrogens is 608 g/mol. The number of hydrogen-bond donors (Lipinski definition) is 2. The standard InChI is InChI=1S/C33H38ClF2N3O4S/c34-27-11-9-24(10-12-27)25-7-4-8-26(21-25)33(35,36)31(32(40)39-19-17-28(37)18-20-39)38-44(41,42)30-15-13-29(14-16-30)43-22-23-5-2-1-3-6-23/h4,7-16,21,23,28,31,38H,1-3,5-6,17-20,22,37H2. The normalized spacial score (nSPS) is 17.8. The molecule has 1 aliphatic carbocycles. The summed E-state index contributed by atoms with van der Waals surface area (Å²) < 4.78 is 67.8. The first kappa shape index (κ1) is 32.3. The van der Waals surface area contributed by atoms with Crippen LogP contribution in [0.5, 0.6) is 5.75 Å². The molecule has 1 saturated carbocycles. The van der Waals surface area contributed by atoms with Crippen molar-refractivity contribution >= 4 is 27.5 Å². The van der Waals surface area contributed by atoms with Crippen LogP contribution in [0.2, 0.25) is 5.02 Å². The quantitative estimate of drug-likeness (QED) is 0.267. The summed E-state index contributed by atoms with van der Waals surface area (Å²) in [6, 6.07) is 15.4. The van der Waals surface area contributed by atoms with Gasteiger partial charge in [0, 0.05) is 29.7 Å². The molecule has 1 amide bonds. The summed E-state index contributed by atoms with van der Waals surface area (Å²) in [4.78, 5) is 14.7. The highest BCUT2D eigenvalue weighted by atomic mass is 35.5. The Morgan fingerprint density at radius 2 is 1.61 bits per heavy atom. The molecule has 3 N–H and O–H groups in total. The monoisotopic (exact) mass is 645 g/mol. The first-order valence-corrected chi connectivity index (χ1v) is 16.9. The minimum atomic E-state index is -4.54. The zero-order valence-electron chi connectivity index (χ0n) is 24.4. The fourth-order valence-corrected chi connectivity index (χ4v) is 7.12. The Balaban J connectivity index is 1.40. The second-order valence-corrected chi connectivity index (χ2v) is 13.9. The van der Waals surface area contributed by atoms with Crippen molar-refractivity contribution in [2.45, 2.75) is 67.8 Å². The van der Waals surface area contributed by atoms with Crippen LogP contribution in [0.4, 0.5) is 8.78 Å². The molecule has 1 atom stereocenters. The van der Waals surface area contributed by atoms with E-state index in [0.29, 0.717) is 47.3 Å². The number of likely N-dealkylation sites (tertiary alicyclic amines) is 1. The van der Waals surface area contributed by atoms with Gasteiger partial charge in [-0.25, -0.2) is 8.42 Å². The molecule has 1 saturated heterocycles. The fourth-order valence-electron chi connectivity index (χ4n) is 5.80. The van der Waals surface area contributed by atoms with Gasteiger partial charge in [-0.3, -0.25) is 4.79 Å². The molecule has 5 rings (SSSR count). The van der Waals surface area contributed by atoms with Crippen LogP contribution in [-0.4, -0.2) is 51.0 Å². The van der Waals surface area contributed by atoms with Crippen LogP contribution in [0.25, 0.3) is 11.1 Å². The summed E-state index contributed by atoms with van der Waals surface area (Å²) in [5.41, 5.74) is 6.59. The van der Waals surface area contributed by atoms with Crippen molar-refractivity contribution in [2.24, 2.45) is 11.7 Å². The Kier molecular flexibility index (Phi) is 10.2. The molecule has 236 valence electrons. The van der Waals surface area contributed by atoms with E-state index in [9.17, 15) is 13.2 Å². The average molecular weight is 646 g/mol. The van der Waals surface area contributed by atoms with Crippen molar-refractivity contribution in [3.63, 3.8) is 0 Å². The molecule has 1 heterocycles. The van der Waals surface area contributed by atoms with E-state index in [0.717, 1.165) is 12.8 Å². The van der Waals surface area contributed by atoms with Crippen molar-refractivity contribution in [1.82, 2.24) is 9.62 Å². The van der Waals surface area contributed by atoms with Gasteiger partial charge in [0.15, 0.2) is 6.04 Å². The van der Waals surface area contributed by atoms with Crippen molar-refractivity contribution in [3.05, 3.63) is 83.4 Å². The van der Waals surface area contributed by atoms with Crippen molar-refractivity contribution in [2.75, 3.05) is 19.7 Å². The number of nitrogens with zero attached hydrogens (tertiary/aromatic N) is 1. The molecule has 44 heavy (non-hydrogen) atoms. The zero-order valence-corrected chi connectivity index (χ0v) is 26.0. The van der Waals surface area contributed by atoms with E-state index in [2.05, 4.69) is 4.72 Å². The van der Waals surface area contributed by atoms with E-state index in [4.69, 9.17) is 22.1 Å². The molecule has 2 fully saturated rings. The second kappa shape index (κ2) is 13.9. The number of ether oxygens (including phenoxy) is 1. The highest BCUT2D eigenvalue weighted by Gasteiger charge is 2.50. The second-order valence-electron chi connectivity index (χ2n) is 11.7. The van der Waals surface area contributed by atoms with Crippen LogP contribution >= 0.6 is 11.6 Å². The minimum absolute atomic E-state index is 0.149. The predicted molar refractivity (Wildman–Crippen MR) is 167 cm³/mol. The first-order chi connectivity index (χ1) is 21.0. The van der Waals surface area contributed by atoms with Crippen LogP contribution in [0, 0.1) is 5.92 Å². The molecule has 3 aromatic carbocycles. The van der Waals surface area contributed by atoms with E-state index in [1.165, 1.54) is 66.6 Å². The maximum Gasteiger partial charge on any atom is 0.298 e. The molecule has 0 bridgehead atoms. The van der Waals surface area contributed by atoms with Crippen molar-refractivity contribution < 1.29 is 26.7 Å². The Hall–Kier alpha value is -3.05. The smallest absolute Gasteiger partial charge is 0.298 e. The predicted octanol–water partition coefficient (Wildman–Crippen LogP) is 6.35. The lowest BCUT2D eigenvalue weighted by Crippen LogP contribution is -2.58. The zero-order chi connectivity index (χ0) is 31.3. The van der Waals surface area contributed by atoms with Crippen molar-refractivity contribution in [1.29, 1.82) is 0 Å². The van der Waals surface area contributed by atoms with Gasteiger partial charge in [0.05, 0.1) is 11.5 Å². The summed E-state index contributed by atoms with van der Waals surface area (Å²) in [5.74, 6) is -3.94. The Morgan fingerprint density at radius 1 is 0.955 bits per heavy atom. The van der Waals surface area contributed by atoms with E-state index in [-0.39, 0.29) is 24.0 Å². The minimum Gasteiger partial charge on any atom is -0.493 e. The van der Waals surface area contributed by atoms with Gasteiger partial charge in [-0.2, -0.15) is 13.5 Å². The number of nitrogens with one attached hydrogen (secondary N) is 1. The fraction of sp³-hybridized carbons (Fsp3) is 0.424. The molecular formula is C33H38ClF2N3O4S. The Morgan fingerprint density at radius 3 is 2.27 bits per heavy atom.